The number of hydrogen-bond donors (Lipinski definition) is 1. The van der Waals surface area contributed by atoms with Gasteiger partial charge in [0.2, 0.25) is 0 Å². The summed E-state index contributed by atoms with van der Waals surface area (Å²) in [4.78, 5) is 5.22. The minimum atomic E-state index is 0.789. The molecule has 2 fully saturated rings. The summed E-state index contributed by atoms with van der Waals surface area (Å²) >= 11 is 0. The summed E-state index contributed by atoms with van der Waals surface area (Å²) in [6.45, 7) is 8.33. The van der Waals surface area contributed by atoms with Crippen LogP contribution in [-0.2, 0) is 0 Å². The van der Waals surface area contributed by atoms with Crippen LogP contribution in [0.25, 0.3) is 6.08 Å². The van der Waals surface area contributed by atoms with E-state index in [1.54, 1.807) is 0 Å². The van der Waals surface area contributed by atoms with Crippen molar-refractivity contribution in [2.24, 2.45) is 0 Å². The number of nitrogens with one attached hydrogen (secondary N) is 1. The first-order valence-corrected chi connectivity index (χ1v) is 7.80. The third kappa shape index (κ3) is 3.69. The van der Waals surface area contributed by atoms with Crippen molar-refractivity contribution in [3.63, 3.8) is 0 Å². The highest BCUT2D eigenvalue weighted by Gasteiger charge is 2.25. The number of nitrogens with zero attached hydrogens (tertiary/aromatic N) is 2. The molecular formula is C17H25N3. The van der Waals surface area contributed by atoms with Gasteiger partial charge in [0, 0.05) is 45.3 Å². The van der Waals surface area contributed by atoms with Crippen LogP contribution in [0, 0.1) is 0 Å². The molecule has 20 heavy (non-hydrogen) atoms. The summed E-state index contributed by atoms with van der Waals surface area (Å²) in [6.07, 6.45) is 5.85. The normalized spacial score (nSPS) is 25.5. The van der Waals surface area contributed by atoms with Gasteiger partial charge in [-0.1, -0.05) is 42.5 Å². The highest BCUT2D eigenvalue weighted by Crippen LogP contribution is 2.12. The van der Waals surface area contributed by atoms with Crippen molar-refractivity contribution in [3.8, 4) is 0 Å². The number of benzene rings is 1. The molecule has 2 saturated heterocycles. The molecule has 2 aliphatic heterocycles. The Bertz CT molecular complexity index is 415. The number of hydrogen-bond acceptors (Lipinski definition) is 3. The van der Waals surface area contributed by atoms with Crippen molar-refractivity contribution in [2.75, 3.05) is 45.8 Å². The molecule has 3 rings (SSSR count). The van der Waals surface area contributed by atoms with Gasteiger partial charge in [0.1, 0.15) is 0 Å². The van der Waals surface area contributed by atoms with Gasteiger partial charge in [-0.05, 0) is 18.5 Å². The smallest absolute Gasteiger partial charge is 0.0233 e. The minimum Gasteiger partial charge on any atom is -0.315 e. The van der Waals surface area contributed by atoms with Gasteiger partial charge >= 0.3 is 0 Å². The van der Waals surface area contributed by atoms with Crippen LogP contribution in [-0.4, -0.2) is 61.7 Å². The molecule has 3 heteroatoms. The van der Waals surface area contributed by atoms with E-state index in [0.29, 0.717) is 0 Å². The molecule has 0 aromatic heterocycles. The van der Waals surface area contributed by atoms with E-state index in [2.05, 4.69) is 57.6 Å². The molecular weight excluding hydrogens is 246 g/mol. The largest absolute Gasteiger partial charge is 0.315 e. The maximum absolute atomic E-state index is 3.47. The van der Waals surface area contributed by atoms with Crippen LogP contribution in [0.5, 0.6) is 0 Å². The summed E-state index contributed by atoms with van der Waals surface area (Å²) in [6, 6.07) is 11.3. The Kier molecular flexibility index (Phi) is 4.85. The molecule has 0 aliphatic carbocycles. The molecule has 1 N–H and O–H groups in total. The lowest BCUT2D eigenvalue weighted by Crippen LogP contribution is -2.50. The van der Waals surface area contributed by atoms with Crippen LogP contribution in [0.3, 0.4) is 0 Å². The molecule has 1 aromatic rings. The zero-order chi connectivity index (χ0) is 13.6. The van der Waals surface area contributed by atoms with Crippen LogP contribution in [0.4, 0.5) is 0 Å². The Morgan fingerprint density at radius 1 is 1.10 bits per heavy atom. The Labute approximate surface area is 122 Å². The van der Waals surface area contributed by atoms with Crippen LogP contribution in [0.1, 0.15) is 12.0 Å². The molecule has 0 saturated carbocycles. The molecule has 108 valence electrons. The van der Waals surface area contributed by atoms with Gasteiger partial charge < -0.3 is 5.32 Å². The molecule has 0 amide bonds. The second-order valence-electron chi connectivity index (χ2n) is 5.80. The Balaban J connectivity index is 1.41. The van der Waals surface area contributed by atoms with E-state index in [0.717, 1.165) is 12.6 Å². The van der Waals surface area contributed by atoms with Gasteiger partial charge in [0.25, 0.3) is 0 Å². The van der Waals surface area contributed by atoms with Crippen molar-refractivity contribution in [1.29, 1.82) is 0 Å². The molecule has 1 atom stereocenters. The van der Waals surface area contributed by atoms with Gasteiger partial charge in [-0.25, -0.2) is 0 Å². The number of piperazine rings is 1. The van der Waals surface area contributed by atoms with Gasteiger partial charge in [0.05, 0.1) is 0 Å². The molecule has 0 unspecified atom stereocenters. The maximum atomic E-state index is 3.47. The number of rotatable bonds is 4. The molecule has 3 nitrogen and oxygen atoms in total. The first kappa shape index (κ1) is 13.8. The standard InChI is InChI=1S/C17H25N3/c1-2-5-16(6-3-1)7-4-10-19-11-13-20(14-12-19)17-8-9-18-15-17/h1-7,17-18H,8-15H2/b7-4+/t17-/m1/s1. The van der Waals surface area contributed by atoms with Gasteiger partial charge in [-0.3, -0.25) is 9.80 Å². The third-order valence-corrected chi connectivity index (χ3v) is 4.43. The third-order valence-electron chi connectivity index (χ3n) is 4.43. The Hall–Kier alpha value is -1.16. The fourth-order valence-corrected chi connectivity index (χ4v) is 3.16. The molecule has 0 spiro atoms. The average molecular weight is 271 g/mol. The van der Waals surface area contributed by atoms with E-state index >= 15 is 0 Å². The highest BCUT2D eigenvalue weighted by atomic mass is 15.3. The van der Waals surface area contributed by atoms with Crippen molar-refractivity contribution in [2.45, 2.75) is 12.5 Å². The highest BCUT2D eigenvalue weighted by molar-refractivity contribution is 5.48. The summed E-state index contributed by atoms with van der Waals surface area (Å²) in [5, 5.41) is 3.47. The fourth-order valence-electron chi connectivity index (χ4n) is 3.16. The maximum Gasteiger partial charge on any atom is 0.0233 e. The topological polar surface area (TPSA) is 18.5 Å². The van der Waals surface area contributed by atoms with Gasteiger partial charge in [-0.15, -0.1) is 0 Å². The zero-order valence-electron chi connectivity index (χ0n) is 12.2. The lowest BCUT2D eigenvalue weighted by Gasteiger charge is -2.37. The Morgan fingerprint density at radius 2 is 1.90 bits per heavy atom. The van der Waals surface area contributed by atoms with Crippen LogP contribution in [0.15, 0.2) is 36.4 Å². The second-order valence-corrected chi connectivity index (χ2v) is 5.80. The lowest BCUT2D eigenvalue weighted by atomic mass is 10.2. The summed E-state index contributed by atoms with van der Waals surface area (Å²) in [7, 11) is 0. The summed E-state index contributed by atoms with van der Waals surface area (Å²) in [5.41, 5.74) is 1.29. The van der Waals surface area contributed by atoms with Gasteiger partial charge in [-0.2, -0.15) is 0 Å². The predicted molar refractivity (Wildman–Crippen MR) is 84.8 cm³/mol. The van der Waals surface area contributed by atoms with Crippen LogP contribution >= 0.6 is 0 Å². The fraction of sp³-hybridized carbons (Fsp3) is 0.529. The molecule has 0 bridgehead atoms. The quantitative estimate of drug-likeness (QED) is 0.899. The minimum absolute atomic E-state index is 0.789. The molecule has 0 radical (unpaired) electrons. The van der Waals surface area contributed by atoms with Gasteiger partial charge in [0.15, 0.2) is 0 Å². The first-order valence-electron chi connectivity index (χ1n) is 7.80. The van der Waals surface area contributed by atoms with Crippen LogP contribution < -0.4 is 5.32 Å². The first-order chi connectivity index (χ1) is 9.92. The van der Waals surface area contributed by atoms with Crippen molar-refractivity contribution in [1.82, 2.24) is 15.1 Å². The van der Waals surface area contributed by atoms with E-state index in [-0.39, 0.29) is 0 Å². The predicted octanol–water partition coefficient (Wildman–Crippen LogP) is 1.68. The lowest BCUT2D eigenvalue weighted by molar-refractivity contribution is 0.110. The molecule has 2 heterocycles. The Morgan fingerprint density at radius 3 is 2.60 bits per heavy atom. The van der Waals surface area contributed by atoms with E-state index in [9.17, 15) is 0 Å². The second kappa shape index (κ2) is 7.02. The van der Waals surface area contributed by atoms with Crippen molar-refractivity contribution < 1.29 is 0 Å². The van der Waals surface area contributed by atoms with Crippen LogP contribution in [0.2, 0.25) is 0 Å². The summed E-state index contributed by atoms with van der Waals surface area (Å²) in [5.74, 6) is 0. The monoisotopic (exact) mass is 271 g/mol. The van der Waals surface area contributed by atoms with E-state index in [1.807, 2.05) is 0 Å². The molecule has 1 aromatic carbocycles. The zero-order valence-corrected chi connectivity index (χ0v) is 12.2. The van der Waals surface area contributed by atoms with E-state index in [4.69, 9.17) is 0 Å². The van der Waals surface area contributed by atoms with E-state index < -0.39 is 0 Å². The van der Waals surface area contributed by atoms with Crippen molar-refractivity contribution >= 4 is 6.08 Å². The SMILES string of the molecule is C(=C\c1ccccc1)/CN1CCN([C@@H]2CCNC2)CC1. The summed E-state index contributed by atoms with van der Waals surface area (Å²) < 4.78 is 0. The average Bonchev–Trinajstić information content (AvgIpc) is 3.03. The van der Waals surface area contributed by atoms with Crippen molar-refractivity contribution in [3.05, 3.63) is 42.0 Å². The van der Waals surface area contributed by atoms with E-state index in [1.165, 1.54) is 51.3 Å². The molecule has 2 aliphatic rings.